The summed E-state index contributed by atoms with van der Waals surface area (Å²) < 4.78 is 10.7. The van der Waals surface area contributed by atoms with Crippen LogP contribution in [-0.2, 0) is 6.54 Å². The molecule has 1 aromatic rings. The van der Waals surface area contributed by atoms with Gasteiger partial charge < -0.3 is 20.1 Å². The molecule has 1 heterocycles. The van der Waals surface area contributed by atoms with Crippen molar-refractivity contribution in [2.24, 2.45) is 11.8 Å². The lowest BCUT2D eigenvalue weighted by molar-refractivity contribution is 0.174. The summed E-state index contributed by atoms with van der Waals surface area (Å²) in [5.74, 6) is 3.41. The molecular formula is C16H20N2O2S. The summed E-state index contributed by atoms with van der Waals surface area (Å²) in [4.78, 5) is 0. The Hall–Kier alpha value is -1.49. The monoisotopic (exact) mass is 304 g/mol. The molecule has 0 radical (unpaired) electrons. The van der Waals surface area contributed by atoms with E-state index in [1.54, 1.807) is 0 Å². The first kappa shape index (κ1) is 13.2. The first-order valence-corrected chi connectivity index (χ1v) is 8.11. The van der Waals surface area contributed by atoms with Gasteiger partial charge in [-0.15, -0.1) is 0 Å². The number of rotatable bonds is 3. The normalized spacial score (nSPS) is 28.7. The van der Waals surface area contributed by atoms with Crippen molar-refractivity contribution in [2.75, 3.05) is 6.79 Å². The van der Waals surface area contributed by atoms with Crippen LogP contribution in [0.1, 0.15) is 31.2 Å². The van der Waals surface area contributed by atoms with Crippen molar-refractivity contribution in [1.82, 2.24) is 10.6 Å². The van der Waals surface area contributed by atoms with Crippen LogP contribution in [0.4, 0.5) is 0 Å². The third kappa shape index (κ3) is 2.67. The summed E-state index contributed by atoms with van der Waals surface area (Å²) in [6.45, 7) is 1.03. The predicted octanol–water partition coefficient (Wildman–Crippen LogP) is 2.57. The summed E-state index contributed by atoms with van der Waals surface area (Å²) in [5, 5.41) is 7.57. The van der Waals surface area contributed by atoms with Gasteiger partial charge in [-0.3, -0.25) is 0 Å². The molecule has 2 fully saturated rings. The SMILES string of the molecule is S=C(NCc1ccc2c(c1)OCO2)N[C@H]1C[C@H]2CC[C@H]1C2. The second-order valence-corrected chi connectivity index (χ2v) is 6.70. The van der Waals surface area contributed by atoms with Crippen molar-refractivity contribution < 1.29 is 9.47 Å². The highest BCUT2D eigenvalue weighted by molar-refractivity contribution is 7.80. The van der Waals surface area contributed by atoms with Gasteiger partial charge in [0, 0.05) is 12.6 Å². The Morgan fingerprint density at radius 2 is 2.10 bits per heavy atom. The highest BCUT2D eigenvalue weighted by Gasteiger charge is 2.39. The van der Waals surface area contributed by atoms with Gasteiger partial charge in [0.1, 0.15) is 0 Å². The summed E-state index contributed by atoms with van der Waals surface area (Å²) in [5.41, 5.74) is 1.15. The van der Waals surface area contributed by atoms with E-state index < -0.39 is 0 Å². The minimum Gasteiger partial charge on any atom is -0.454 e. The fraction of sp³-hybridized carbons (Fsp3) is 0.562. The first-order valence-electron chi connectivity index (χ1n) is 7.71. The molecule has 5 heteroatoms. The Labute approximate surface area is 130 Å². The highest BCUT2D eigenvalue weighted by atomic mass is 32.1. The fourth-order valence-corrected chi connectivity index (χ4v) is 4.10. The summed E-state index contributed by atoms with van der Waals surface area (Å²) in [7, 11) is 0. The van der Waals surface area contributed by atoms with Gasteiger partial charge in [-0.2, -0.15) is 0 Å². The first-order chi connectivity index (χ1) is 10.3. The average Bonchev–Trinajstić information content (AvgIpc) is 3.20. The van der Waals surface area contributed by atoms with Crippen molar-refractivity contribution in [3.05, 3.63) is 23.8 Å². The lowest BCUT2D eigenvalue weighted by Gasteiger charge is -2.24. The van der Waals surface area contributed by atoms with Crippen LogP contribution in [0.2, 0.25) is 0 Å². The number of hydrogen-bond acceptors (Lipinski definition) is 3. The molecule has 0 saturated heterocycles. The molecule has 2 N–H and O–H groups in total. The summed E-state index contributed by atoms with van der Waals surface area (Å²) in [6, 6.07) is 6.59. The van der Waals surface area contributed by atoms with E-state index in [2.05, 4.69) is 10.6 Å². The zero-order chi connectivity index (χ0) is 14.2. The van der Waals surface area contributed by atoms with Gasteiger partial charge in [0.25, 0.3) is 0 Å². The lowest BCUT2D eigenvalue weighted by Crippen LogP contribution is -2.43. The summed E-state index contributed by atoms with van der Waals surface area (Å²) in [6.07, 6.45) is 5.46. The maximum atomic E-state index is 5.43. The fourth-order valence-electron chi connectivity index (χ4n) is 3.87. The maximum Gasteiger partial charge on any atom is 0.231 e. The largest absolute Gasteiger partial charge is 0.454 e. The van der Waals surface area contributed by atoms with Gasteiger partial charge >= 0.3 is 0 Å². The number of fused-ring (bicyclic) bond motifs is 3. The lowest BCUT2D eigenvalue weighted by atomic mass is 9.96. The number of hydrogen-bond donors (Lipinski definition) is 2. The minimum atomic E-state index is 0.316. The van der Waals surface area contributed by atoms with Crippen LogP contribution in [0.15, 0.2) is 18.2 Å². The Bertz CT molecular complexity index is 563. The van der Waals surface area contributed by atoms with E-state index in [9.17, 15) is 0 Å². The van der Waals surface area contributed by atoms with Crippen LogP contribution in [0.25, 0.3) is 0 Å². The molecule has 2 bridgehead atoms. The van der Waals surface area contributed by atoms with Crippen LogP contribution in [-0.4, -0.2) is 17.9 Å². The Morgan fingerprint density at radius 3 is 2.90 bits per heavy atom. The van der Waals surface area contributed by atoms with Crippen molar-refractivity contribution in [2.45, 2.75) is 38.3 Å². The molecule has 0 spiro atoms. The molecule has 0 unspecified atom stereocenters. The van der Waals surface area contributed by atoms with Crippen molar-refractivity contribution in [1.29, 1.82) is 0 Å². The predicted molar refractivity (Wildman–Crippen MR) is 84.4 cm³/mol. The van der Waals surface area contributed by atoms with E-state index in [1.165, 1.54) is 25.7 Å². The van der Waals surface area contributed by atoms with Gasteiger partial charge in [-0.25, -0.2) is 0 Å². The second-order valence-electron chi connectivity index (χ2n) is 6.30. The molecule has 1 aromatic carbocycles. The number of thiocarbonyl (C=S) groups is 1. The van der Waals surface area contributed by atoms with Gasteiger partial charge in [0.15, 0.2) is 16.6 Å². The minimum absolute atomic E-state index is 0.316. The number of nitrogens with one attached hydrogen (secondary N) is 2. The van der Waals surface area contributed by atoms with Crippen molar-refractivity contribution >= 4 is 17.3 Å². The van der Waals surface area contributed by atoms with E-state index in [1.807, 2.05) is 18.2 Å². The Morgan fingerprint density at radius 1 is 1.19 bits per heavy atom. The molecule has 21 heavy (non-hydrogen) atoms. The third-order valence-electron chi connectivity index (χ3n) is 4.94. The van der Waals surface area contributed by atoms with Crippen molar-refractivity contribution in [3.8, 4) is 11.5 Å². The Balaban J connectivity index is 1.29. The second kappa shape index (κ2) is 5.37. The van der Waals surface area contributed by atoms with Gasteiger partial charge in [0.05, 0.1) is 0 Å². The molecular weight excluding hydrogens is 284 g/mol. The molecule has 3 aliphatic rings. The summed E-state index contributed by atoms with van der Waals surface area (Å²) >= 11 is 5.43. The van der Waals surface area contributed by atoms with Crippen LogP contribution >= 0.6 is 12.2 Å². The van der Waals surface area contributed by atoms with Crippen LogP contribution in [0, 0.1) is 11.8 Å². The molecule has 4 nitrogen and oxygen atoms in total. The highest BCUT2D eigenvalue weighted by Crippen LogP contribution is 2.44. The molecule has 2 saturated carbocycles. The molecule has 3 atom stereocenters. The number of benzene rings is 1. The van der Waals surface area contributed by atoms with Gasteiger partial charge in [0.2, 0.25) is 6.79 Å². The van der Waals surface area contributed by atoms with E-state index in [0.29, 0.717) is 19.4 Å². The van der Waals surface area contributed by atoms with Gasteiger partial charge in [-0.1, -0.05) is 12.5 Å². The van der Waals surface area contributed by atoms with Gasteiger partial charge in [-0.05, 0) is 61.0 Å². The molecule has 0 amide bonds. The van der Waals surface area contributed by atoms with E-state index in [0.717, 1.165) is 34.0 Å². The topological polar surface area (TPSA) is 42.5 Å². The molecule has 4 rings (SSSR count). The zero-order valence-corrected chi connectivity index (χ0v) is 12.7. The Kier molecular flexibility index (Phi) is 3.37. The van der Waals surface area contributed by atoms with Crippen LogP contribution in [0.3, 0.4) is 0 Å². The number of ether oxygens (including phenoxy) is 2. The van der Waals surface area contributed by atoms with E-state index in [-0.39, 0.29) is 0 Å². The van der Waals surface area contributed by atoms with E-state index in [4.69, 9.17) is 21.7 Å². The molecule has 1 aliphatic heterocycles. The average molecular weight is 304 g/mol. The van der Waals surface area contributed by atoms with Crippen LogP contribution in [0.5, 0.6) is 11.5 Å². The third-order valence-corrected chi connectivity index (χ3v) is 5.21. The van der Waals surface area contributed by atoms with E-state index >= 15 is 0 Å². The van der Waals surface area contributed by atoms with Crippen LogP contribution < -0.4 is 20.1 Å². The molecule has 2 aliphatic carbocycles. The standard InChI is InChI=1S/C16H20N2O2S/c21-16(18-13-6-10-1-3-12(13)5-10)17-8-11-2-4-14-15(7-11)20-9-19-14/h2,4,7,10,12-13H,1,3,5-6,8-9H2,(H2,17,18,21)/t10-,12-,13-/m0/s1. The molecule has 112 valence electrons. The van der Waals surface area contributed by atoms with Crippen molar-refractivity contribution in [3.63, 3.8) is 0 Å². The quantitative estimate of drug-likeness (QED) is 0.840. The molecule has 0 aromatic heterocycles. The smallest absolute Gasteiger partial charge is 0.231 e. The zero-order valence-electron chi connectivity index (χ0n) is 11.9. The maximum absolute atomic E-state index is 5.43.